The van der Waals surface area contributed by atoms with Gasteiger partial charge in [-0.25, -0.2) is 13.4 Å². The molecule has 4 aromatic rings. The lowest BCUT2D eigenvalue weighted by molar-refractivity contribution is 0.592. The fourth-order valence-corrected chi connectivity index (χ4v) is 5.71. The molecular formula is C24H24N6O2S. The fourth-order valence-electron chi connectivity index (χ4n) is 4.18. The van der Waals surface area contributed by atoms with Gasteiger partial charge in [0.15, 0.2) is 0 Å². The molecule has 8 nitrogen and oxygen atoms in total. The first-order chi connectivity index (χ1) is 15.8. The number of rotatable bonds is 6. The first-order valence-electron chi connectivity index (χ1n) is 10.6. The number of fused-ring (bicyclic) bond motifs is 2. The second-order valence-corrected chi connectivity index (χ2v) is 9.90. The van der Waals surface area contributed by atoms with Crippen LogP contribution in [0.15, 0.2) is 71.6 Å². The third-order valence-electron chi connectivity index (χ3n) is 6.02. The van der Waals surface area contributed by atoms with Gasteiger partial charge in [-0.05, 0) is 60.5 Å². The summed E-state index contributed by atoms with van der Waals surface area (Å²) in [7, 11) is -1.76. The van der Waals surface area contributed by atoms with E-state index < -0.39 is 10.0 Å². The average Bonchev–Trinajstić information content (AvgIpc) is 3.39. The summed E-state index contributed by atoms with van der Waals surface area (Å²) in [5.41, 5.74) is 10.3. The zero-order chi connectivity index (χ0) is 23.2. The number of sulfonamides is 1. The monoisotopic (exact) mass is 460 g/mol. The Hall–Kier alpha value is -3.85. The average molecular weight is 461 g/mol. The maximum absolute atomic E-state index is 13.4. The van der Waals surface area contributed by atoms with Crippen LogP contribution in [0.5, 0.6) is 0 Å². The van der Waals surface area contributed by atoms with Crippen molar-refractivity contribution in [2.45, 2.75) is 17.9 Å². The highest BCUT2D eigenvalue weighted by Crippen LogP contribution is 2.33. The van der Waals surface area contributed by atoms with Crippen LogP contribution in [0.3, 0.4) is 0 Å². The highest BCUT2D eigenvalue weighted by Gasteiger charge is 2.31. The Bertz CT molecular complexity index is 1470. The van der Waals surface area contributed by atoms with E-state index in [-0.39, 0.29) is 10.7 Å². The van der Waals surface area contributed by atoms with E-state index >= 15 is 0 Å². The van der Waals surface area contributed by atoms with Crippen molar-refractivity contribution in [3.05, 3.63) is 83.7 Å². The van der Waals surface area contributed by atoms with Crippen molar-refractivity contribution in [3.8, 4) is 0 Å². The SMILES string of the molecule is Cn1c(CNc2ccc(C(=N)N)cc2)nc2cc(S(=O)(=O)N3CCc4ccccc43)ccc21. The number of imidazole rings is 1. The number of aromatic nitrogens is 2. The molecule has 1 aliphatic heterocycles. The van der Waals surface area contributed by atoms with Crippen LogP contribution in [0, 0.1) is 5.41 Å². The molecule has 0 saturated carbocycles. The second kappa shape index (κ2) is 7.93. The minimum atomic E-state index is -3.67. The second-order valence-electron chi connectivity index (χ2n) is 8.04. The predicted molar refractivity (Wildman–Crippen MR) is 130 cm³/mol. The van der Waals surface area contributed by atoms with Crippen molar-refractivity contribution in [2.75, 3.05) is 16.2 Å². The van der Waals surface area contributed by atoms with Crippen LogP contribution >= 0.6 is 0 Å². The molecule has 2 heterocycles. The van der Waals surface area contributed by atoms with E-state index in [0.717, 1.165) is 28.3 Å². The topological polar surface area (TPSA) is 117 Å². The third-order valence-corrected chi connectivity index (χ3v) is 7.83. The van der Waals surface area contributed by atoms with Gasteiger partial charge in [0.05, 0.1) is 28.2 Å². The van der Waals surface area contributed by atoms with Gasteiger partial charge in [-0.15, -0.1) is 0 Å². The number of amidine groups is 1. The summed E-state index contributed by atoms with van der Waals surface area (Å²) in [5, 5.41) is 10.8. The number of anilines is 2. The Labute approximate surface area is 192 Å². The number of para-hydroxylation sites is 1. The summed E-state index contributed by atoms with van der Waals surface area (Å²) in [4.78, 5) is 4.92. The van der Waals surface area contributed by atoms with Crippen LogP contribution < -0.4 is 15.4 Å². The highest BCUT2D eigenvalue weighted by molar-refractivity contribution is 7.92. The van der Waals surface area contributed by atoms with Crippen LogP contribution in [0.2, 0.25) is 0 Å². The molecule has 0 atom stereocenters. The van der Waals surface area contributed by atoms with E-state index in [1.165, 1.54) is 4.31 Å². The smallest absolute Gasteiger partial charge is 0.264 e. The molecule has 0 aliphatic carbocycles. The third kappa shape index (κ3) is 3.70. The number of hydrogen-bond donors (Lipinski definition) is 3. The number of nitrogens with two attached hydrogens (primary N) is 1. The van der Waals surface area contributed by atoms with Crippen molar-refractivity contribution in [1.82, 2.24) is 9.55 Å². The van der Waals surface area contributed by atoms with Gasteiger partial charge in [-0.3, -0.25) is 9.71 Å². The molecule has 9 heteroatoms. The maximum Gasteiger partial charge on any atom is 0.264 e. The summed E-state index contributed by atoms with van der Waals surface area (Å²) in [6, 6.07) is 20.0. The van der Waals surface area contributed by atoms with Gasteiger partial charge >= 0.3 is 0 Å². The number of aryl methyl sites for hydroxylation is 1. The molecule has 168 valence electrons. The summed E-state index contributed by atoms with van der Waals surface area (Å²) in [5.74, 6) is 0.807. The highest BCUT2D eigenvalue weighted by atomic mass is 32.2. The van der Waals surface area contributed by atoms with Gasteiger partial charge in [-0.1, -0.05) is 18.2 Å². The van der Waals surface area contributed by atoms with E-state index in [1.54, 1.807) is 24.3 Å². The summed E-state index contributed by atoms with van der Waals surface area (Å²) >= 11 is 0. The summed E-state index contributed by atoms with van der Waals surface area (Å²) in [6.07, 6.45) is 0.713. The van der Waals surface area contributed by atoms with Gasteiger partial charge < -0.3 is 15.6 Å². The molecule has 1 aromatic heterocycles. The van der Waals surface area contributed by atoms with E-state index in [0.29, 0.717) is 30.6 Å². The number of nitrogens with zero attached hydrogens (tertiary/aromatic N) is 3. The van der Waals surface area contributed by atoms with Crippen LogP contribution in [-0.2, 0) is 30.0 Å². The molecule has 3 aromatic carbocycles. The van der Waals surface area contributed by atoms with Gasteiger partial charge in [0.2, 0.25) is 0 Å². The van der Waals surface area contributed by atoms with Crippen molar-refractivity contribution >= 4 is 38.3 Å². The van der Waals surface area contributed by atoms with Crippen molar-refractivity contribution in [3.63, 3.8) is 0 Å². The lowest BCUT2D eigenvalue weighted by Crippen LogP contribution is -2.29. The number of hydrogen-bond acceptors (Lipinski definition) is 5. The fraction of sp³-hybridized carbons (Fsp3) is 0.167. The molecule has 0 radical (unpaired) electrons. The molecule has 1 aliphatic rings. The lowest BCUT2D eigenvalue weighted by atomic mass is 10.2. The van der Waals surface area contributed by atoms with Crippen LogP contribution in [0.4, 0.5) is 11.4 Å². The Balaban J connectivity index is 1.41. The Kier molecular flexibility index (Phi) is 5.05. The van der Waals surface area contributed by atoms with Crippen molar-refractivity contribution in [2.24, 2.45) is 12.8 Å². The molecule has 33 heavy (non-hydrogen) atoms. The molecule has 0 unspecified atom stereocenters. The summed E-state index contributed by atoms with van der Waals surface area (Å²) < 4.78 is 30.2. The quantitative estimate of drug-likeness (QED) is 0.302. The van der Waals surface area contributed by atoms with Crippen molar-refractivity contribution in [1.29, 1.82) is 5.41 Å². The Morgan fingerprint density at radius 3 is 2.64 bits per heavy atom. The lowest BCUT2D eigenvalue weighted by Gasteiger charge is -2.19. The molecule has 0 saturated heterocycles. The number of nitrogens with one attached hydrogen (secondary N) is 2. The first kappa shape index (κ1) is 21.0. The minimum Gasteiger partial charge on any atom is -0.384 e. The Morgan fingerprint density at radius 2 is 1.88 bits per heavy atom. The minimum absolute atomic E-state index is 0.0278. The van der Waals surface area contributed by atoms with Gasteiger partial charge in [0, 0.05) is 24.8 Å². The van der Waals surface area contributed by atoms with Gasteiger partial charge in [0.1, 0.15) is 11.7 Å². The van der Waals surface area contributed by atoms with Gasteiger partial charge in [0.25, 0.3) is 10.0 Å². The van der Waals surface area contributed by atoms with Crippen LogP contribution in [-0.4, -0.2) is 30.3 Å². The standard InChI is InChI=1S/C24H24N6O2S/c1-29-22-11-10-19(33(31,32)30-13-12-16-4-2-3-5-21(16)30)14-20(22)28-23(29)15-27-18-8-6-17(7-9-18)24(25)26/h2-11,14,27H,12-13,15H2,1H3,(H3,25,26). The molecular weight excluding hydrogens is 436 g/mol. The van der Waals surface area contributed by atoms with Crippen molar-refractivity contribution < 1.29 is 8.42 Å². The molecule has 0 amide bonds. The van der Waals surface area contributed by atoms with Crippen LogP contribution in [0.25, 0.3) is 11.0 Å². The molecule has 0 fully saturated rings. The molecule has 5 rings (SSSR count). The van der Waals surface area contributed by atoms with E-state index in [1.807, 2.05) is 54.1 Å². The largest absolute Gasteiger partial charge is 0.384 e. The predicted octanol–water partition coefficient (Wildman–Crippen LogP) is 3.22. The van der Waals surface area contributed by atoms with E-state index in [2.05, 4.69) is 10.3 Å². The molecule has 0 spiro atoms. The van der Waals surface area contributed by atoms with E-state index in [4.69, 9.17) is 11.1 Å². The zero-order valence-electron chi connectivity index (χ0n) is 18.1. The van der Waals surface area contributed by atoms with E-state index in [9.17, 15) is 8.42 Å². The van der Waals surface area contributed by atoms with Gasteiger partial charge in [-0.2, -0.15) is 0 Å². The molecule has 0 bridgehead atoms. The number of benzene rings is 3. The normalized spacial score (nSPS) is 13.3. The molecule has 4 N–H and O–H groups in total. The number of nitrogen functional groups attached to an aromatic ring is 1. The Morgan fingerprint density at radius 1 is 1.12 bits per heavy atom. The maximum atomic E-state index is 13.4. The first-order valence-corrected chi connectivity index (χ1v) is 12.0. The van der Waals surface area contributed by atoms with Crippen LogP contribution in [0.1, 0.15) is 17.0 Å². The summed E-state index contributed by atoms with van der Waals surface area (Å²) in [6.45, 7) is 0.908. The zero-order valence-corrected chi connectivity index (χ0v) is 18.9.